The van der Waals surface area contributed by atoms with E-state index in [-0.39, 0.29) is 18.0 Å². The zero-order valence-corrected chi connectivity index (χ0v) is 18.3. The van der Waals surface area contributed by atoms with Crippen LogP contribution in [0.1, 0.15) is 44.2 Å². The second-order valence-corrected chi connectivity index (χ2v) is 7.59. The molecule has 0 radical (unpaired) electrons. The Balaban J connectivity index is 1.99. The Morgan fingerprint density at radius 2 is 1.97 bits per heavy atom. The summed E-state index contributed by atoms with van der Waals surface area (Å²) in [6.45, 7) is 5.86. The number of aliphatic imine (C=N–C) groups is 1. The molecule has 1 amide bonds. The summed E-state index contributed by atoms with van der Waals surface area (Å²) in [4.78, 5) is 30.8. The Morgan fingerprint density at radius 3 is 2.56 bits per heavy atom. The van der Waals surface area contributed by atoms with Crippen LogP contribution in [0.2, 0.25) is 0 Å². The van der Waals surface area contributed by atoms with E-state index in [1.165, 1.54) is 6.08 Å². The van der Waals surface area contributed by atoms with Gasteiger partial charge < -0.3 is 21.2 Å². The highest BCUT2D eigenvalue weighted by Gasteiger charge is 2.22. The highest BCUT2D eigenvalue weighted by molar-refractivity contribution is 6.06. The number of carbonyl (C=O) groups is 2. The molecule has 0 aromatic heterocycles. The van der Waals surface area contributed by atoms with Crippen LogP contribution in [0.25, 0.3) is 11.6 Å². The molecule has 0 atom stereocenters. The van der Waals surface area contributed by atoms with Crippen LogP contribution in [0.15, 0.2) is 57.0 Å². The van der Waals surface area contributed by atoms with E-state index in [0.717, 1.165) is 29.5 Å². The van der Waals surface area contributed by atoms with Crippen molar-refractivity contribution in [3.05, 3.63) is 52.7 Å². The molecule has 0 aliphatic carbocycles. The van der Waals surface area contributed by atoms with E-state index in [4.69, 9.17) is 10.9 Å². The fourth-order valence-electron chi connectivity index (χ4n) is 3.71. The molecule has 9 heteroatoms. The van der Waals surface area contributed by atoms with Gasteiger partial charge in [-0.2, -0.15) is 0 Å². The van der Waals surface area contributed by atoms with E-state index >= 15 is 0 Å². The van der Waals surface area contributed by atoms with Gasteiger partial charge in [-0.3, -0.25) is 4.79 Å². The van der Waals surface area contributed by atoms with Crippen molar-refractivity contribution in [2.24, 2.45) is 21.2 Å². The number of carbonyl (C=O) groups excluding carboxylic acids is 1. The van der Waals surface area contributed by atoms with Crippen LogP contribution in [-0.2, 0) is 9.59 Å². The number of allylic oxidation sites excluding steroid dienone is 2. The van der Waals surface area contributed by atoms with Gasteiger partial charge >= 0.3 is 5.97 Å². The topological polar surface area (TPSA) is 133 Å². The fraction of sp³-hybridized carbons (Fsp3) is 0.348. The Morgan fingerprint density at radius 1 is 1.22 bits per heavy atom. The summed E-state index contributed by atoms with van der Waals surface area (Å²) in [6, 6.07) is 5.74. The lowest BCUT2D eigenvalue weighted by Crippen LogP contribution is -2.34. The maximum Gasteiger partial charge on any atom is 0.351 e. The molecule has 0 saturated carbocycles. The number of aliphatic carboxylic acids is 1. The van der Waals surface area contributed by atoms with E-state index in [9.17, 15) is 9.59 Å². The van der Waals surface area contributed by atoms with Gasteiger partial charge in [-0.25, -0.2) is 9.79 Å². The van der Waals surface area contributed by atoms with E-state index in [1.54, 1.807) is 6.08 Å². The van der Waals surface area contributed by atoms with Crippen molar-refractivity contribution in [2.75, 3.05) is 19.6 Å². The summed E-state index contributed by atoms with van der Waals surface area (Å²) < 4.78 is 0. The van der Waals surface area contributed by atoms with Crippen LogP contribution in [0, 0.1) is 0 Å². The third kappa shape index (κ3) is 5.29. The number of hydrogen-bond acceptors (Lipinski definition) is 6. The van der Waals surface area contributed by atoms with Crippen LogP contribution >= 0.6 is 0 Å². The van der Waals surface area contributed by atoms with Gasteiger partial charge in [0.2, 0.25) is 5.91 Å². The number of nitrogens with zero attached hydrogens (tertiary/aromatic N) is 4. The van der Waals surface area contributed by atoms with Crippen LogP contribution in [-0.4, -0.2) is 47.4 Å². The first-order valence-electron chi connectivity index (χ1n) is 10.7. The fourth-order valence-corrected chi connectivity index (χ4v) is 3.71. The molecule has 4 N–H and O–H groups in total. The number of nitrogens with one attached hydrogen (secondary N) is 1. The Hall–Kier alpha value is -3.75. The van der Waals surface area contributed by atoms with Gasteiger partial charge in [0.25, 0.3) is 0 Å². The number of fused-ring (bicyclic) bond motifs is 1. The molecule has 3 rings (SSSR count). The summed E-state index contributed by atoms with van der Waals surface area (Å²) in [5, 5.41) is 19.3. The lowest BCUT2D eigenvalue weighted by atomic mass is 9.99. The number of benzene rings is 1. The SMILES string of the molecule is CCCN(CCC)C(=O)C1=Cc2ccc(C3=CC=C(C(=O)O)NC3)cc2N=C(N=NN)C1. The molecule has 1 aromatic carbocycles. The molecule has 0 bridgehead atoms. The molecule has 0 spiro atoms. The third-order valence-electron chi connectivity index (χ3n) is 5.20. The lowest BCUT2D eigenvalue weighted by molar-refractivity contribution is -0.133. The second kappa shape index (κ2) is 10.5. The quantitative estimate of drug-likeness (QED) is 0.342. The summed E-state index contributed by atoms with van der Waals surface area (Å²) in [5.41, 5.74) is 4.03. The highest BCUT2D eigenvalue weighted by Crippen LogP contribution is 2.32. The minimum atomic E-state index is -0.994. The first-order chi connectivity index (χ1) is 15.5. The number of hydrogen-bond donors (Lipinski definition) is 3. The molecular formula is C23H28N6O3. The van der Waals surface area contributed by atoms with E-state index in [2.05, 4.69) is 20.6 Å². The van der Waals surface area contributed by atoms with Crippen LogP contribution in [0.5, 0.6) is 0 Å². The highest BCUT2D eigenvalue weighted by atomic mass is 16.4. The van der Waals surface area contributed by atoms with Crippen molar-refractivity contribution in [3.8, 4) is 0 Å². The molecule has 0 fully saturated rings. The van der Waals surface area contributed by atoms with E-state index in [1.807, 2.05) is 43.0 Å². The molecule has 2 aliphatic heterocycles. The number of rotatable bonds is 7. The van der Waals surface area contributed by atoms with Gasteiger partial charge in [0.1, 0.15) is 5.70 Å². The molecule has 32 heavy (non-hydrogen) atoms. The van der Waals surface area contributed by atoms with Gasteiger partial charge in [0, 0.05) is 37.2 Å². The standard InChI is InChI=1S/C23H28N6O3/c1-3-9-29(10-4-2)22(30)18-11-16-6-5-15(12-20(16)26-21(13-18)27-28-24)17-7-8-19(23(31)32)25-14-17/h5-8,11-12,25H,3-4,9-10,13-14H2,1-2H3,(H,31,32)(H2,24,26,27). The van der Waals surface area contributed by atoms with Crippen molar-refractivity contribution in [3.63, 3.8) is 0 Å². The zero-order valence-electron chi connectivity index (χ0n) is 18.3. The van der Waals surface area contributed by atoms with Gasteiger partial charge in [-0.1, -0.05) is 37.3 Å². The second-order valence-electron chi connectivity index (χ2n) is 7.59. The van der Waals surface area contributed by atoms with Crippen molar-refractivity contribution in [1.82, 2.24) is 10.2 Å². The molecule has 0 unspecified atom stereocenters. The largest absolute Gasteiger partial charge is 0.477 e. The van der Waals surface area contributed by atoms with Gasteiger partial charge in [-0.05, 0) is 42.2 Å². The van der Waals surface area contributed by atoms with Gasteiger partial charge in [-0.15, -0.1) is 5.11 Å². The van der Waals surface area contributed by atoms with Crippen molar-refractivity contribution >= 4 is 35.0 Å². The number of amidine groups is 1. The third-order valence-corrected chi connectivity index (χ3v) is 5.20. The summed E-state index contributed by atoms with van der Waals surface area (Å²) in [5.74, 6) is 4.62. The zero-order chi connectivity index (χ0) is 23.1. The first-order valence-corrected chi connectivity index (χ1v) is 10.7. The lowest BCUT2D eigenvalue weighted by Gasteiger charge is -2.22. The van der Waals surface area contributed by atoms with Gasteiger partial charge in [0.15, 0.2) is 5.84 Å². The number of nitrogens with two attached hydrogens (primary N) is 1. The summed E-state index contributed by atoms with van der Waals surface area (Å²) in [7, 11) is 0. The normalized spacial score (nSPS) is 15.6. The minimum Gasteiger partial charge on any atom is -0.477 e. The monoisotopic (exact) mass is 436 g/mol. The number of carboxylic acid groups (broad SMARTS) is 1. The Labute approximate surface area is 187 Å². The van der Waals surface area contributed by atoms with Crippen LogP contribution < -0.4 is 11.2 Å². The number of amides is 1. The van der Waals surface area contributed by atoms with Crippen molar-refractivity contribution in [1.29, 1.82) is 0 Å². The smallest absolute Gasteiger partial charge is 0.351 e. The number of carboxylic acids is 1. The maximum atomic E-state index is 13.2. The first kappa shape index (κ1) is 22.9. The summed E-state index contributed by atoms with van der Waals surface area (Å²) in [6.07, 6.45) is 7.17. The van der Waals surface area contributed by atoms with Gasteiger partial charge in [0.05, 0.1) is 5.69 Å². The molecule has 168 valence electrons. The van der Waals surface area contributed by atoms with E-state index < -0.39 is 5.97 Å². The van der Waals surface area contributed by atoms with Crippen LogP contribution in [0.4, 0.5) is 5.69 Å². The maximum absolute atomic E-state index is 13.2. The molecule has 1 aromatic rings. The average molecular weight is 437 g/mol. The predicted molar refractivity (Wildman–Crippen MR) is 124 cm³/mol. The minimum absolute atomic E-state index is 0.0314. The van der Waals surface area contributed by atoms with Crippen molar-refractivity contribution in [2.45, 2.75) is 33.1 Å². The molecule has 2 heterocycles. The molecular weight excluding hydrogens is 408 g/mol. The Kier molecular flexibility index (Phi) is 7.54. The Bertz CT molecular complexity index is 1050. The summed E-state index contributed by atoms with van der Waals surface area (Å²) >= 11 is 0. The average Bonchev–Trinajstić information content (AvgIpc) is 2.97. The van der Waals surface area contributed by atoms with E-state index in [0.29, 0.717) is 36.7 Å². The number of dihydropyridines is 1. The van der Waals surface area contributed by atoms with Crippen molar-refractivity contribution < 1.29 is 14.7 Å². The van der Waals surface area contributed by atoms with Crippen LogP contribution in [0.3, 0.4) is 0 Å². The molecule has 9 nitrogen and oxygen atoms in total. The molecule has 2 aliphatic rings. The molecule has 0 saturated heterocycles. The predicted octanol–water partition coefficient (Wildman–Crippen LogP) is 3.43.